The van der Waals surface area contributed by atoms with Gasteiger partial charge in [0.25, 0.3) is 5.91 Å². The van der Waals surface area contributed by atoms with Crippen molar-refractivity contribution in [2.75, 3.05) is 12.4 Å². The molecule has 0 radical (unpaired) electrons. The third-order valence-corrected chi connectivity index (χ3v) is 4.76. The van der Waals surface area contributed by atoms with E-state index in [2.05, 4.69) is 25.4 Å². The first-order valence-corrected chi connectivity index (χ1v) is 8.51. The minimum Gasteiger partial charge on any atom is -0.479 e. The van der Waals surface area contributed by atoms with Gasteiger partial charge in [-0.15, -0.1) is 0 Å². The van der Waals surface area contributed by atoms with Gasteiger partial charge >= 0.3 is 0 Å². The fraction of sp³-hybridized carbons (Fsp3) is 0.118. The van der Waals surface area contributed by atoms with Crippen LogP contribution in [0.25, 0.3) is 21.3 Å². The van der Waals surface area contributed by atoms with E-state index in [1.165, 1.54) is 17.5 Å². The van der Waals surface area contributed by atoms with Crippen LogP contribution in [0.1, 0.15) is 10.4 Å². The molecule has 0 atom stereocenters. The van der Waals surface area contributed by atoms with Gasteiger partial charge in [-0.3, -0.25) is 19.8 Å². The first-order chi connectivity index (χ1) is 12.7. The average molecular weight is 366 g/mol. The SMILES string of the molecule is COc1ncc(-c2ccncc2)c2sc(NC(=O)c3cnn(C)c3)nc12. The van der Waals surface area contributed by atoms with Crippen molar-refractivity contribution in [2.24, 2.45) is 7.05 Å². The van der Waals surface area contributed by atoms with Gasteiger partial charge in [-0.25, -0.2) is 9.97 Å². The van der Waals surface area contributed by atoms with E-state index in [4.69, 9.17) is 4.74 Å². The highest BCUT2D eigenvalue weighted by Gasteiger charge is 2.17. The van der Waals surface area contributed by atoms with E-state index in [9.17, 15) is 4.79 Å². The molecule has 1 amide bonds. The number of nitrogens with zero attached hydrogens (tertiary/aromatic N) is 5. The van der Waals surface area contributed by atoms with Crippen LogP contribution in [0.2, 0.25) is 0 Å². The van der Waals surface area contributed by atoms with E-state index in [1.54, 1.807) is 43.6 Å². The number of anilines is 1. The number of thiazole rings is 1. The molecule has 0 spiro atoms. The number of ether oxygens (including phenoxy) is 1. The minimum absolute atomic E-state index is 0.269. The number of hydrogen-bond donors (Lipinski definition) is 1. The molecule has 0 fully saturated rings. The van der Waals surface area contributed by atoms with Crippen molar-refractivity contribution >= 4 is 32.6 Å². The number of carbonyl (C=O) groups excluding carboxylic acids is 1. The Morgan fingerprint density at radius 3 is 2.77 bits per heavy atom. The summed E-state index contributed by atoms with van der Waals surface area (Å²) in [7, 11) is 3.30. The molecule has 4 heterocycles. The van der Waals surface area contributed by atoms with E-state index in [0.29, 0.717) is 22.1 Å². The van der Waals surface area contributed by atoms with Gasteiger partial charge in [-0.2, -0.15) is 5.10 Å². The van der Waals surface area contributed by atoms with Crippen LogP contribution < -0.4 is 10.1 Å². The standard InChI is InChI=1S/C17H14N6O2S/c1-23-9-11(7-20-23)15(24)22-17-21-13-14(26-17)12(8-19-16(13)25-2)10-3-5-18-6-4-10/h3-9H,1-2H3,(H,21,22,24). The number of nitrogens with one attached hydrogen (secondary N) is 1. The lowest BCUT2D eigenvalue weighted by Crippen LogP contribution is -2.10. The molecule has 0 bridgehead atoms. The molecule has 4 aromatic rings. The molecule has 0 aliphatic rings. The number of hydrogen-bond acceptors (Lipinski definition) is 7. The van der Waals surface area contributed by atoms with Crippen LogP contribution >= 0.6 is 11.3 Å². The van der Waals surface area contributed by atoms with Gasteiger partial charge in [0, 0.05) is 37.4 Å². The van der Waals surface area contributed by atoms with Gasteiger partial charge in [0.05, 0.1) is 23.6 Å². The predicted octanol–water partition coefficient (Wildman–Crippen LogP) is 2.75. The normalized spacial score (nSPS) is 10.8. The molecule has 0 saturated heterocycles. The zero-order chi connectivity index (χ0) is 18.1. The highest BCUT2D eigenvalue weighted by atomic mass is 32.1. The van der Waals surface area contributed by atoms with Crippen LogP contribution in [0, 0.1) is 0 Å². The molecule has 8 nitrogen and oxygen atoms in total. The van der Waals surface area contributed by atoms with Crippen molar-refractivity contribution in [3.8, 4) is 17.0 Å². The third kappa shape index (κ3) is 2.88. The van der Waals surface area contributed by atoms with Crippen LogP contribution in [-0.2, 0) is 7.05 Å². The molecular weight excluding hydrogens is 352 g/mol. The summed E-state index contributed by atoms with van der Waals surface area (Å²) in [6.07, 6.45) is 8.33. The van der Waals surface area contributed by atoms with Crippen LogP contribution in [0.4, 0.5) is 5.13 Å². The van der Waals surface area contributed by atoms with Crippen LogP contribution in [0.5, 0.6) is 5.88 Å². The Hall–Kier alpha value is -3.33. The summed E-state index contributed by atoms with van der Waals surface area (Å²) in [5, 5.41) is 7.28. The summed E-state index contributed by atoms with van der Waals surface area (Å²) in [5.74, 6) is 0.144. The number of aromatic nitrogens is 5. The first-order valence-electron chi connectivity index (χ1n) is 7.69. The summed E-state index contributed by atoms with van der Waals surface area (Å²) in [5.41, 5.74) is 2.94. The van der Waals surface area contributed by atoms with E-state index >= 15 is 0 Å². The maximum Gasteiger partial charge on any atom is 0.260 e. The number of fused-ring (bicyclic) bond motifs is 1. The summed E-state index contributed by atoms with van der Waals surface area (Å²) in [6, 6.07) is 3.80. The number of amides is 1. The van der Waals surface area contributed by atoms with E-state index in [-0.39, 0.29) is 5.91 Å². The second kappa shape index (κ2) is 6.52. The van der Waals surface area contributed by atoms with E-state index in [0.717, 1.165) is 15.8 Å². The lowest BCUT2D eigenvalue weighted by molar-refractivity contribution is 0.102. The van der Waals surface area contributed by atoms with Crippen molar-refractivity contribution in [1.82, 2.24) is 24.7 Å². The highest BCUT2D eigenvalue weighted by molar-refractivity contribution is 7.23. The maximum atomic E-state index is 12.4. The number of rotatable bonds is 4. The van der Waals surface area contributed by atoms with Gasteiger partial charge in [0.1, 0.15) is 5.52 Å². The van der Waals surface area contributed by atoms with Gasteiger partial charge < -0.3 is 4.74 Å². The molecule has 4 rings (SSSR count). The van der Waals surface area contributed by atoms with Crippen LogP contribution in [0.15, 0.2) is 43.1 Å². The Balaban J connectivity index is 1.76. The van der Waals surface area contributed by atoms with Gasteiger partial charge in [-0.05, 0) is 17.7 Å². The number of carbonyl (C=O) groups is 1. The highest BCUT2D eigenvalue weighted by Crippen LogP contribution is 2.38. The summed E-state index contributed by atoms with van der Waals surface area (Å²) in [4.78, 5) is 25.2. The largest absolute Gasteiger partial charge is 0.479 e. The Kier molecular flexibility index (Phi) is 4.05. The monoisotopic (exact) mass is 366 g/mol. The quantitative estimate of drug-likeness (QED) is 0.597. The molecule has 9 heteroatoms. The Labute approximate surface area is 152 Å². The molecule has 0 aliphatic heterocycles. The molecule has 0 unspecified atom stereocenters. The van der Waals surface area contributed by atoms with E-state index < -0.39 is 0 Å². The van der Waals surface area contributed by atoms with Crippen molar-refractivity contribution in [3.05, 3.63) is 48.7 Å². The topological polar surface area (TPSA) is 94.8 Å². The Morgan fingerprint density at radius 1 is 1.27 bits per heavy atom. The third-order valence-electron chi connectivity index (χ3n) is 3.76. The molecule has 4 aromatic heterocycles. The van der Waals surface area contributed by atoms with Crippen molar-refractivity contribution < 1.29 is 9.53 Å². The smallest absolute Gasteiger partial charge is 0.260 e. The van der Waals surface area contributed by atoms with E-state index in [1.807, 2.05) is 12.1 Å². The lowest BCUT2D eigenvalue weighted by Gasteiger charge is -2.04. The maximum absolute atomic E-state index is 12.4. The second-order valence-corrected chi connectivity index (χ2v) is 6.47. The van der Waals surface area contributed by atoms with Gasteiger partial charge in [-0.1, -0.05) is 11.3 Å². The molecule has 0 aromatic carbocycles. The molecule has 0 aliphatic carbocycles. The molecule has 130 valence electrons. The molecule has 1 N–H and O–H groups in total. The minimum atomic E-state index is -0.269. The van der Waals surface area contributed by atoms with Gasteiger partial charge in [0.2, 0.25) is 5.88 Å². The van der Waals surface area contributed by atoms with Crippen molar-refractivity contribution in [2.45, 2.75) is 0 Å². The Morgan fingerprint density at radius 2 is 2.08 bits per heavy atom. The van der Waals surface area contributed by atoms with Gasteiger partial charge in [0.15, 0.2) is 5.13 Å². The summed E-state index contributed by atoms with van der Waals surface area (Å²) < 4.78 is 7.77. The van der Waals surface area contributed by atoms with Crippen molar-refractivity contribution in [1.29, 1.82) is 0 Å². The number of methoxy groups -OCH3 is 1. The van der Waals surface area contributed by atoms with Crippen LogP contribution in [-0.4, -0.2) is 37.7 Å². The fourth-order valence-corrected chi connectivity index (χ4v) is 3.52. The Bertz CT molecular complexity index is 1090. The van der Waals surface area contributed by atoms with Crippen LogP contribution in [0.3, 0.4) is 0 Å². The molecule has 0 saturated carbocycles. The second-order valence-electron chi connectivity index (χ2n) is 5.47. The first kappa shape index (κ1) is 16.2. The molecule has 26 heavy (non-hydrogen) atoms. The lowest BCUT2D eigenvalue weighted by atomic mass is 10.1. The zero-order valence-electron chi connectivity index (χ0n) is 14.0. The predicted molar refractivity (Wildman–Crippen MR) is 98.4 cm³/mol. The summed E-state index contributed by atoms with van der Waals surface area (Å²) in [6.45, 7) is 0. The zero-order valence-corrected chi connectivity index (χ0v) is 14.8. The number of pyridine rings is 2. The summed E-state index contributed by atoms with van der Waals surface area (Å²) >= 11 is 1.37. The average Bonchev–Trinajstić information content (AvgIpc) is 3.27. The fourth-order valence-electron chi connectivity index (χ4n) is 2.54. The molecular formula is C17H14N6O2S. The van der Waals surface area contributed by atoms with Crippen molar-refractivity contribution in [3.63, 3.8) is 0 Å². The number of aryl methyl sites for hydroxylation is 1.